The molecule has 0 radical (unpaired) electrons. The van der Waals surface area contributed by atoms with Crippen LogP contribution < -0.4 is 5.32 Å². The zero-order valence-corrected chi connectivity index (χ0v) is 14.0. The van der Waals surface area contributed by atoms with Crippen LogP contribution in [0.15, 0.2) is 29.0 Å². The second-order valence-electron chi connectivity index (χ2n) is 5.81. The fourth-order valence-electron chi connectivity index (χ4n) is 2.55. The first-order valence-corrected chi connectivity index (χ1v) is 9.54. The second kappa shape index (κ2) is 5.21. The summed E-state index contributed by atoms with van der Waals surface area (Å²) in [5, 5.41) is 4.24. The molecule has 1 saturated carbocycles. The van der Waals surface area contributed by atoms with Crippen LogP contribution in [0.5, 0.6) is 0 Å². The van der Waals surface area contributed by atoms with Gasteiger partial charge in [-0.05, 0) is 31.0 Å². The van der Waals surface area contributed by atoms with Gasteiger partial charge in [-0.15, -0.1) is 0 Å². The van der Waals surface area contributed by atoms with E-state index in [0.29, 0.717) is 6.54 Å². The van der Waals surface area contributed by atoms with Gasteiger partial charge in [-0.1, -0.05) is 15.9 Å². The van der Waals surface area contributed by atoms with Gasteiger partial charge in [0.05, 0.1) is 11.3 Å². The van der Waals surface area contributed by atoms with Crippen LogP contribution in [-0.4, -0.2) is 36.9 Å². The number of aromatic nitrogens is 2. The van der Waals surface area contributed by atoms with Crippen molar-refractivity contribution in [2.24, 2.45) is 5.41 Å². The largest absolute Gasteiger partial charge is 0.369 e. The number of benzene rings is 1. The minimum atomic E-state index is -2.95. The van der Waals surface area contributed by atoms with Gasteiger partial charge in [0.25, 0.3) is 0 Å². The van der Waals surface area contributed by atoms with E-state index in [4.69, 9.17) is 0 Å². The molecule has 1 aliphatic rings. The minimum Gasteiger partial charge on any atom is -0.369 e. The Morgan fingerprint density at radius 2 is 2.10 bits per heavy atom. The van der Waals surface area contributed by atoms with Crippen LogP contribution in [0.25, 0.3) is 10.9 Å². The topological polar surface area (TPSA) is 72.0 Å². The van der Waals surface area contributed by atoms with E-state index in [-0.39, 0.29) is 11.2 Å². The Morgan fingerprint density at radius 1 is 1.33 bits per heavy atom. The highest BCUT2D eigenvalue weighted by molar-refractivity contribution is 9.10. The van der Waals surface area contributed by atoms with E-state index in [1.807, 2.05) is 18.2 Å². The molecule has 0 bridgehead atoms. The molecule has 0 unspecified atom stereocenters. The highest BCUT2D eigenvalue weighted by Crippen LogP contribution is 2.46. The maximum atomic E-state index is 11.5. The lowest BCUT2D eigenvalue weighted by atomic mass is 10.1. The maximum absolute atomic E-state index is 11.5. The summed E-state index contributed by atoms with van der Waals surface area (Å²) >= 11 is 3.45. The van der Waals surface area contributed by atoms with Crippen LogP contribution in [0.2, 0.25) is 0 Å². The lowest BCUT2D eigenvalue weighted by Crippen LogP contribution is -2.24. The Morgan fingerprint density at radius 3 is 2.76 bits per heavy atom. The molecule has 21 heavy (non-hydrogen) atoms. The van der Waals surface area contributed by atoms with Gasteiger partial charge >= 0.3 is 0 Å². The van der Waals surface area contributed by atoms with Crippen molar-refractivity contribution < 1.29 is 8.42 Å². The number of hydrogen-bond donors (Lipinski definition) is 1. The molecule has 112 valence electrons. The SMILES string of the molecule is CS(=O)(=O)CC1(CNc2ncnc3ccc(Br)cc23)CC1. The molecule has 1 N–H and O–H groups in total. The molecule has 0 spiro atoms. The highest BCUT2D eigenvalue weighted by Gasteiger charge is 2.45. The molecule has 1 heterocycles. The van der Waals surface area contributed by atoms with Crippen LogP contribution in [-0.2, 0) is 9.84 Å². The van der Waals surface area contributed by atoms with Gasteiger partial charge in [-0.25, -0.2) is 18.4 Å². The molecule has 0 atom stereocenters. The Hall–Kier alpha value is -1.21. The number of anilines is 1. The average molecular weight is 370 g/mol. The summed E-state index contributed by atoms with van der Waals surface area (Å²) < 4.78 is 24.0. The Bertz CT molecular complexity index is 788. The van der Waals surface area contributed by atoms with Crippen LogP contribution in [0.3, 0.4) is 0 Å². The summed E-state index contributed by atoms with van der Waals surface area (Å²) in [6, 6.07) is 5.83. The van der Waals surface area contributed by atoms with Crippen LogP contribution in [0.1, 0.15) is 12.8 Å². The Labute approximate surface area is 132 Å². The number of sulfone groups is 1. The van der Waals surface area contributed by atoms with Gasteiger partial charge in [0.2, 0.25) is 0 Å². The Kier molecular flexibility index (Phi) is 3.65. The van der Waals surface area contributed by atoms with E-state index in [2.05, 4.69) is 31.2 Å². The first kappa shape index (κ1) is 14.7. The molecule has 0 saturated heterocycles. The first-order chi connectivity index (χ1) is 9.87. The lowest BCUT2D eigenvalue weighted by molar-refractivity contribution is 0.560. The van der Waals surface area contributed by atoms with Crippen LogP contribution in [0.4, 0.5) is 5.82 Å². The number of nitrogens with one attached hydrogen (secondary N) is 1. The van der Waals surface area contributed by atoms with E-state index < -0.39 is 9.84 Å². The minimum absolute atomic E-state index is 0.128. The summed E-state index contributed by atoms with van der Waals surface area (Å²) in [6.45, 7) is 0.624. The van der Waals surface area contributed by atoms with Crippen molar-refractivity contribution in [1.29, 1.82) is 0 Å². The normalized spacial score (nSPS) is 16.9. The van der Waals surface area contributed by atoms with Gasteiger partial charge in [-0.3, -0.25) is 0 Å². The zero-order chi connectivity index (χ0) is 15.1. The van der Waals surface area contributed by atoms with Crippen molar-refractivity contribution in [3.8, 4) is 0 Å². The molecule has 3 rings (SSSR count). The molecule has 1 aromatic carbocycles. The van der Waals surface area contributed by atoms with Crippen molar-refractivity contribution in [3.63, 3.8) is 0 Å². The van der Waals surface area contributed by atoms with E-state index >= 15 is 0 Å². The molecular weight excluding hydrogens is 354 g/mol. The second-order valence-corrected chi connectivity index (χ2v) is 8.86. The van der Waals surface area contributed by atoms with E-state index in [1.54, 1.807) is 0 Å². The smallest absolute Gasteiger partial charge is 0.148 e. The monoisotopic (exact) mass is 369 g/mol. The molecule has 1 aromatic heterocycles. The lowest BCUT2D eigenvalue weighted by Gasteiger charge is -2.16. The molecule has 0 amide bonds. The van der Waals surface area contributed by atoms with Crippen molar-refractivity contribution in [3.05, 3.63) is 29.0 Å². The van der Waals surface area contributed by atoms with Gasteiger partial charge in [0.1, 0.15) is 22.0 Å². The fourth-order valence-corrected chi connectivity index (χ4v) is 4.41. The number of fused-ring (bicyclic) bond motifs is 1. The molecule has 5 nitrogen and oxygen atoms in total. The third-order valence-electron chi connectivity index (χ3n) is 3.75. The maximum Gasteiger partial charge on any atom is 0.148 e. The predicted octanol–water partition coefficient (Wildman–Crippen LogP) is 2.63. The van der Waals surface area contributed by atoms with Crippen molar-refractivity contribution in [2.45, 2.75) is 12.8 Å². The number of hydrogen-bond acceptors (Lipinski definition) is 5. The summed E-state index contributed by atoms with van der Waals surface area (Å²) in [6.07, 6.45) is 4.71. The zero-order valence-electron chi connectivity index (χ0n) is 11.6. The van der Waals surface area contributed by atoms with Gasteiger partial charge < -0.3 is 5.32 Å². The van der Waals surface area contributed by atoms with Crippen molar-refractivity contribution in [1.82, 2.24) is 9.97 Å². The van der Waals surface area contributed by atoms with E-state index in [9.17, 15) is 8.42 Å². The Balaban J connectivity index is 1.81. The van der Waals surface area contributed by atoms with Crippen LogP contribution >= 0.6 is 15.9 Å². The summed E-state index contributed by atoms with van der Waals surface area (Å²) in [5.41, 5.74) is 0.736. The number of rotatable bonds is 5. The van der Waals surface area contributed by atoms with Gasteiger partial charge in [-0.2, -0.15) is 0 Å². The summed E-state index contributed by atoms with van der Waals surface area (Å²) in [7, 11) is -2.95. The molecule has 0 aliphatic heterocycles. The van der Waals surface area contributed by atoms with Crippen LogP contribution in [0, 0.1) is 5.41 Å². The molecule has 2 aromatic rings. The number of nitrogens with zero attached hydrogens (tertiary/aromatic N) is 2. The fraction of sp³-hybridized carbons (Fsp3) is 0.429. The quantitative estimate of drug-likeness (QED) is 0.876. The third-order valence-corrected chi connectivity index (χ3v) is 5.38. The van der Waals surface area contributed by atoms with Gasteiger partial charge in [0.15, 0.2) is 0 Å². The third kappa shape index (κ3) is 3.52. The van der Waals surface area contributed by atoms with E-state index in [0.717, 1.165) is 34.0 Å². The summed E-state index contributed by atoms with van der Waals surface area (Å²) in [5.74, 6) is 0.987. The highest BCUT2D eigenvalue weighted by atomic mass is 79.9. The van der Waals surface area contributed by atoms with Crippen molar-refractivity contribution >= 4 is 42.5 Å². The molecule has 1 aliphatic carbocycles. The summed E-state index contributed by atoms with van der Waals surface area (Å²) in [4.78, 5) is 8.52. The van der Waals surface area contributed by atoms with Crippen molar-refractivity contribution in [2.75, 3.05) is 23.9 Å². The molecule has 1 fully saturated rings. The molecule has 7 heteroatoms. The number of halogens is 1. The standard InChI is InChI=1S/C14H16BrN3O2S/c1-21(19,20)8-14(4-5-14)7-16-13-11-6-10(15)2-3-12(11)17-9-18-13/h2-3,6,9H,4-5,7-8H2,1H3,(H,16,17,18). The first-order valence-electron chi connectivity index (χ1n) is 6.69. The predicted molar refractivity (Wildman–Crippen MR) is 87.1 cm³/mol. The van der Waals surface area contributed by atoms with Gasteiger partial charge in [0, 0.05) is 28.1 Å². The van der Waals surface area contributed by atoms with E-state index in [1.165, 1.54) is 12.6 Å². The average Bonchev–Trinajstić information content (AvgIpc) is 3.14. The molecular formula is C14H16BrN3O2S.